The molecule has 370 valence electrons. The molecule has 0 spiro atoms. The molecule has 0 unspecified atom stereocenters. The summed E-state index contributed by atoms with van der Waals surface area (Å²) in [5.74, 6) is 30.1. The zero-order valence-corrected chi connectivity index (χ0v) is 41.2. The molecule has 10 nitrogen and oxygen atoms in total. The van der Waals surface area contributed by atoms with Crippen LogP contribution in [0, 0.1) is 123 Å². The van der Waals surface area contributed by atoms with Crippen LogP contribution in [0.5, 0.6) is 57.5 Å². The molecular weight excluding hydrogens is 941 g/mol. The minimum atomic E-state index is -0.0678. The van der Waals surface area contributed by atoms with Crippen LogP contribution in [0.3, 0.4) is 0 Å². The predicted octanol–water partition coefficient (Wildman–Crippen LogP) is 8.07. The molecule has 10 bridgehead atoms. The van der Waals surface area contributed by atoms with E-state index in [4.69, 9.17) is 112 Å². The maximum Gasteiger partial charge on any atom is 0.148 e. The summed E-state index contributed by atoms with van der Waals surface area (Å²) >= 11 is 0. The van der Waals surface area contributed by atoms with Crippen LogP contribution in [-0.4, -0.2) is 66.1 Å². The third-order valence-corrected chi connectivity index (χ3v) is 11.2. The van der Waals surface area contributed by atoms with Gasteiger partial charge in [-0.3, -0.25) is 0 Å². The molecule has 0 saturated heterocycles. The zero-order valence-electron chi connectivity index (χ0n) is 41.2. The highest BCUT2D eigenvalue weighted by Crippen LogP contribution is 2.43. The van der Waals surface area contributed by atoms with Crippen LogP contribution in [0.2, 0.25) is 0 Å². The van der Waals surface area contributed by atoms with Crippen LogP contribution < -0.4 is 47.4 Å². The average molecular weight is 991 g/mol. The van der Waals surface area contributed by atoms with E-state index >= 15 is 0 Å². The maximum absolute atomic E-state index is 6.28. The molecule has 10 heteroatoms. The summed E-state index contributed by atoms with van der Waals surface area (Å²) in [6.07, 6.45) is 58.8. The van der Waals surface area contributed by atoms with Gasteiger partial charge in [-0.1, -0.05) is 59.2 Å². The first-order valence-electron chi connectivity index (χ1n) is 23.2. The second-order valence-corrected chi connectivity index (χ2v) is 16.2. The van der Waals surface area contributed by atoms with Crippen molar-refractivity contribution < 1.29 is 47.4 Å². The van der Waals surface area contributed by atoms with Crippen LogP contribution in [0.15, 0.2) is 60.7 Å². The zero-order chi connectivity index (χ0) is 53.4. The fraction of sp³-hybridized carbons (Fsp3) is 0.231. The van der Waals surface area contributed by atoms with E-state index in [2.05, 4.69) is 59.2 Å². The van der Waals surface area contributed by atoms with Crippen LogP contribution in [-0.2, 0) is 32.1 Å². The molecule has 0 saturated carbocycles. The third-order valence-electron chi connectivity index (χ3n) is 11.2. The lowest BCUT2D eigenvalue weighted by molar-refractivity contribution is 0.348. The lowest BCUT2D eigenvalue weighted by Crippen LogP contribution is -2.08. The molecule has 0 N–H and O–H groups in total. The van der Waals surface area contributed by atoms with Gasteiger partial charge in [-0.15, -0.1) is 64.2 Å². The summed E-state index contributed by atoms with van der Waals surface area (Å²) in [5, 5.41) is 0. The molecule has 5 aromatic carbocycles. The van der Waals surface area contributed by atoms with Crippen molar-refractivity contribution in [2.24, 2.45) is 0 Å². The first-order chi connectivity index (χ1) is 36.7. The highest BCUT2D eigenvalue weighted by molar-refractivity contribution is 5.60. The number of rotatable bonds is 20. The summed E-state index contributed by atoms with van der Waals surface area (Å²) in [5.41, 5.74) is 6.53. The van der Waals surface area contributed by atoms with E-state index in [1.165, 1.54) is 0 Å². The Bertz CT molecular complexity index is 2600. The molecule has 0 radical (unpaired) electrons. The molecule has 0 aliphatic heterocycles. The fourth-order valence-corrected chi connectivity index (χ4v) is 8.17. The summed E-state index contributed by atoms with van der Waals surface area (Å²) in [7, 11) is 0. The van der Waals surface area contributed by atoms with Gasteiger partial charge in [0.15, 0.2) is 0 Å². The number of terminal acetylenes is 10. The quantitative estimate of drug-likeness (QED) is 0.0700. The number of ether oxygens (including phenoxy) is 10. The van der Waals surface area contributed by atoms with Crippen molar-refractivity contribution in [1.29, 1.82) is 0 Å². The van der Waals surface area contributed by atoms with Gasteiger partial charge in [-0.2, -0.15) is 0 Å². The van der Waals surface area contributed by atoms with Gasteiger partial charge >= 0.3 is 0 Å². The molecule has 0 amide bonds. The van der Waals surface area contributed by atoms with Crippen molar-refractivity contribution in [3.63, 3.8) is 0 Å². The van der Waals surface area contributed by atoms with Crippen LogP contribution in [0.1, 0.15) is 55.6 Å². The lowest BCUT2D eigenvalue weighted by atomic mass is 9.94. The number of hydrogen-bond donors (Lipinski definition) is 0. The Morgan fingerprint density at radius 1 is 0.200 bits per heavy atom. The van der Waals surface area contributed by atoms with E-state index in [0.29, 0.717) is 113 Å². The molecule has 0 fully saturated rings. The summed E-state index contributed by atoms with van der Waals surface area (Å²) in [6, 6.07) is 18.4. The van der Waals surface area contributed by atoms with Gasteiger partial charge in [-0.05, 0) is 60.7 Å². The van der Waals surface area contributed by atoms with E-state index in [1.54, 1.807) is 0 Å². The van der Waals surface area contributed by atoms with Gasteiger partial charge in [-0.25, -0.2) is 0 Å². The maximum atomic E-state index is 6.28. The summed E-state index contributed by atoms with van der Waals surface area (Å²) in [6.45, 7) is -0.678. The molecule has 75 heavy (non-hydrogen) atoms. The molecule has 0 aromatic heterocycles. The highest BCUT2D eigenvalue weighted by atomic mass is 16.5. The van der Waals surface area contributed by atoms with E-state index in [0.717, 1.165) is 0 Å². The van der Waals surface area contributed by atoms with Gasteiger partial charge < -0.3 is 47.4 Å². The monoisotopic (exact) mass is 990 g/mol. The Kier molecular flexibility index (Phi) is 20.1. The first-order valence-corrected chi connectivity index (χ1v) is 23.2. The lowest BCUT2D eigenvalue weighted by Gasteiger charge is -2.21. The van der Waals surface area contributed by atoms with E-state index < -0.39 is 0 Å². The van der Waals surface area contributed by atoms with Gasteiger partial charge in [0.25, 0.3) is 0 Å². The third kappa shape index (κ3) is 14.4. The van der Waals surface area contributed by atoms with Crippen LogP contribution in [0.4, 0.5) is 0 Å². The normalized spacial score (nSPS) is 10.8. The first kappa shape index (κ1) is 54.0. The largest absolute Gasteiger partial charge is 0.481 e. The molecule has 10 aliphatic carbocycles. The standard InChI is InChI=1S/C65H50O10/c1-11-21-66-56-36-47-32-49-39-61(71-26-16-6)51(41-60(49)70-25-15-5)34-53-43-65(75-30-20-10)55(45-64(53)74-29-19-9)35-54-44-62(72-27-17-7)52(42-63(54)73-28-18-8)33-50-40-58(68-23-13-3)48(38-59(50)69-24-14-4)31-46(56)37-57(47)67-22-12-2/h1-10,36-45H,21-35H2. The Morgan fingerprint density at radius 3 is 0.373 bits per heavy atom. The van der Waals surface area contributed by atoms with Crippen LogP contribution in [0.25, 0.3) is 0 Å². The van der Waals surface area contributed by atoms with Crippen molar-refractivity contribution in [2.75, 3.05) is 66.1 Å². The van der Waals surface area contributed by atoms with Gasteiger partial charge in [0.2, 0.25) is 0 Å². The molecular formula is C65H50O10. The Labute approximate surface area is 441 Å². The minimum Gasteiger partial charge on any atom is -0.481 e. The second-order valence-electron chi connectivity index (χ2n) is 16.2. The van der Waals surface area contributed by atoms with Crippen molar-refractivity contribution in [3.05, 3.63) is 116 Å². The van der Waals surface area contributed by atoms with Crippen molar-refractivity contribution in [2.45, 2.75) is 32.1 Å². The molecule has 5 aromatic rings. The fourth-order valence-electron chi connectivity index (χ4n) is 8.17. The smallest absolute Gasteiger partial charge is 0.148 e. The number of hydrogen-bond acceptors (Lipinski definition) is 10. The number of benzene rings is 5. The topological polar surface area (TPSA) is 92.3 Å². The average Bonchev–Trinajstić information content (AvgIpc) is 3.42. The summed E-state index contributed by atoms with van der Waals surface area (Å²) in [4.78, 5) is 0. The summed E-state index contributed by atoms with van der Waals surface area (Å²) < 4.78 is 62.8. The van der Waals surface area contributed by atoms with E-state index in [9.17, 15) is 0 Å². The van der Waals surface area contributed by atoms with Crippen molar-refractivity contribution in [1.82, 2.24) is 0 Å². The van der Waals surface area contributed by atoms with E-state index in [-0.39, 0.29) is 98.2 Å². The van der Waals surface area contributed by atoms with Gasteiger partial charge in [0.1, 0.15) is 124 Å². The van der Waals surface area contributed by atoms with Crippen molar-refractivity contribution in [3.8, 4) is 181 Å². The minimum absolute atomic E-state index is 0.0678. The van der Waals surface area contributed by atoms with Gasteiger partial charge in [0.05, 0.1) is 0 Å². The molecule has 0 atom stereocenters. The Morgan fingerprint density at radius 2 is 0.293 bits per heavy atom. The molecule has 10 aliphatic rings. The molecule has 0 heterocycles. The molecule has 15 rings (SSSR count). The Balaban J connectivity index is 1.75. The van der Waals surface area contributed by atoms with E-state index in [1.807, 2.05) is 60.7 Å². The highest BCUT2D eigenvalue weighted by Gasteiger charge is 2.24. The SMILES string of the molecule is C#CCOc1cc2c(OCC#C)cc1Cc1cc(OCC#C)c(cc1OCC#C)Cc1cc(OCC#C)c(cc1OCC#C)Cc1cc(OCC#C)c(cc1OCC#C)Cc1cc(OCC#C)c(cc1OCC#C)C2. The second kappa shape index (κ2) is 27.9. The Hall–Kier alpha value is -10.3. The van der Waals surface area contributed by atoms with Crippen molar-refractivity contribution >= 4 is 0 Å². The van der Waals surface area contributed by atoms with Gasteiger partial charge in [0, 0.05) is 87.7 Å². The van der Waals surface area contributed by atoms with Crippen LogP contribution >= 0.6 is 0 Å². The predicted molar refractivity (Wildman–Crippen MR) is 290 cm³/mol.